The number of ether oxygens (including phenoxy) is 2. The number of guanidine groups is 1. The summed E-state index contributed by atoms with van der Waals surface area (Å²) in [6, 6.07) is 15.9. The number of rotatable bonds is 7. The van der Waals surface area contributed by atoms with Crippen LogP contribution in [0.25, 0.3) is 0 Å². The van der Waals surface area contributed by atoms with Crippen molar-refractivity contribution in [3.05, 3.63) is 59.1 Å². The molecule has 1 heterocycles. The van der Waals surface area contributed by atoms with E-state index in [4.69, 9.17) is 21.1 Å². The maximum absolute atomic E-state index is 5.91. The first kappa shape index (κ1) is 21.3. The summed E-state index contributed by atoms with van der Waals surface area (Å²) in [5.41, 5.74) is 2.49. The summed E-state index contributed by atoms with van der Waals surface area (Å²) >= 11 is 5.91. The van der Waals surface area contributed by atoms with E-state index in [2.05, 4.69) is 44.8 Å². The van der Waals surface area contributed by atoms with Crippen molar-refractivity contribution in [2.75, 3.05) is 44.8 Å². The number of halogens is 1. The van der Waals surface area contributed by atoms with Gasteiger partial charge in [-0.2, -0.15) is 0 Å². The second-order valence-electron chi connectivity index (χ2n) is 6.92. The predicted octanol–water partition coefficient (Wildman–Crippen LogP) is 3.31. The third-order valence-corrected chi connectivity index (χ3v) is 4.97. The van der Waals surface area contributed by atoms with Crippen LogP contribution >= 0.6 is 11.6 Å². The van der Waals surface area contributed by atoms with E-state index in [1.54, 1.807) is 7.05 Å². The van der Waals surface area contributed by atoms with Gasteiger partial charge in [-0.15, -0.1) is 0 Å². The Bertz CT molecular complexity index is 792. The van der Waals surface area contributed by atoms with Crippen molar-refractivity contribution in [3.63, 3.8) is 0 Å². The molecule has 0 saturated carbocycles. The van der Waals surface area contributed by atoms with E-state index in [0.717, 1.165) is 38.0 Å². The highest BCUT2D eigenvalue weighted by atomic mass is 35.5. The van der Waals surface area contributed by atoms with Crippen molar-refractivity contribution in [1.82, 2.24) is 10.6 Å². The summed E-state index contributed by atoms with van der Waals surface area (Å²) in [4.78, 5) is 6.70. The Morgan fingerprint density at radius 2 is 1.86 bits per heavy atom. The largest absolute Gasteiger partial charge is 0.489 e. The quantitative estimate of drug-likeness (QED) is 0.535. The molecule has 2 aromatic rings. The molecule has 156 valence electrons. The van der Waals surface area contributed by atoms with Crippen LogP contribution in [0.4, 0.5) is 5.69 Å². The minimum Gasteiger partial charge on any atom is -0.489 e. The van der Waals surface area contributed by atoms with Crippen LogP contribution in [0.3, 0.4) is 0 Å². The first-order valence-electron chi connectivity index (χ1n) is 9.93. The van der Waals surface area contributed by atoms with Crippen LogP contribution in [-0.2, 0) is 11.3 Å². The van der Waals surface area contributed by atoms with Crippen molar-refractivity contribution in [3.8, 4) is 5.75 Å². The normalized spacial score (nSPS) is 15.7. The lowest BCUT2D eigenvalue weighted by Crippen LogP contribution is -2.42. The molecule has 0 spiro atoms. The maximum atomic E-state index is 5.91. The highest BCUT2D eigenvalue weighted by Crippen LogP contribution is 2.21. The zero-order valence-electron chi connectivity index (χ0n) is 17.0. The van der Waals surface area contributed by atoms with E-state index in [1.165, 1.54) is 11.3 Å². The van der Waals surface area contributed by atoms with Crippen LogP contribution in [0.1, 0.15) is 12.5 Å². The van der Waals surface area contributed by atoms with Crippen LogP contribution in [0.15, 0.2) is 53.5 Å². The average molecular weight is 417 g/mol. The van der Waals surface area contributed by atoms with Crippen molar-refractivity contribution >= 4 is 23.2 Å². The number of nitrogens with one attached hydrogen (secondary N) is 2. The van der Waals surface area contributed by atoms with Gasteiger partial charge < -0.3 is 25.0 Å². The molecule has 0 aliphatic carbocycles. The number of benzene rings is 2. The Morgan fingerprint density at radius 1 is 1.14 bits per heavy atom. The molecule has 1 aliphatic heterocycles. The highest BCUT2D eigenvalue weighted by Gasteiger charge is 2.14. The maximum Gasteiger partial charge on any atom is 0.191 e. The highest BCUT2D eigenvalue weighted by molar-refractivity contribution is 6.30. The summed E-state index contributed by atoms with van der Waals surface area (Å²) in [6.45, 7) is 6.73. The lowest BCUT2D eigenvalue weighted by atomic mass is 10.1. The fourth-order valence-corrected chi connectivity index (χ4v) is 3.33. The van der Waals surface area contributed by atoms with E-state index < -0.39 is 0 Å². The number of aliphatic imine (C=N–C) groups is 1. The first-order valence-corrected chi connectivity index (χ1v) is 10.3. The molecule has 2 aromatic carbocycles. The molecule has 1 saturated heterocycles. The summed E-state index contributed by atoms with van der Waals surface area (Å²) in [5, 5.41) is 7.42. The number of hydrogen-bond acceptors (Lipinski definition) is 4. The van der Waals surface area contributed by atoms with Crippen LogP contribution < -0.4 is 20.3 Å². The van der Waals surface area contributed by atoms with Gasteiger partial charge in [-0.25, -0.2) is 0 Å². The molecule has 0 amide bonds. The topological polar surface area (TPSA) is 58.1 Å². The molecule has 0 bridgehead atoms. The zero-order chi connectivity index (χ0) is 20.5. The van der Waals surface area contributed by atoms with Crippen molar-refractivity contribution < 1.29 is 9.47 Å². The smallest absolute Gasteiger partial charge is 0.191 e. The van der Waals surface area contributed by atoms with E-state index in [1.807, 2.05) is 31.2 Å². The molecule has 6 nitrogen and oxygen atoms in total. The van der Waals surface area contributed by atoms with Gasteiger partial charge in [-0.1, -0.05) is 29.8 Å². The number of anilines is 1. The third-order valence-electron chi connectivity index (χ3n) is 4.72. The molecular weight excluding hydrogens is 388 g/mol. The Hall–Kier alpha value is -2.44. The molecule has 29 heavy (non-hydrogen) atoms. The molecule has 1 unspecified atom stereocenters. The molecular formula is C22H29ClN4O2. The number of morpholine rings is 1. The average Bonchev–Trinajstić information content (AvgIpc) is 2.76. The van der Waals surface area contributed by atoms with Crippen LogP contribution in [0.5, 0.6) is 5.75 Å². The van der Waals surface area contributed by atoms with E-state index in [9.17, 15) is 0 Å². The van der Waals surface area contributed by atoms with Crippen LogP contribution in [0.2, 0.25) is 5.02 Å². The molecule has 1 aliphatic rings. The zero-order valence-corrected chi connectivity index (χ0v) is 17.8. The second kappa shape index (κ2) is 10.9. The van der Waals surface area contributed by atoms with Crippen molar-refractivity contribution in [2.24, 2.45) is 4.99 Å². The minimum atomic E-state index is -0.0182. The predicted molar refractivity (Wildman–Crippen MR) is 119 cm³/mol. The van der Waals surface area contributed by atoms with Gasteiger partial charge in [0, 0.05) is 37.4 Å². The Balaban J connectivity index is 1.50. The van der Waals surface area contributed by atoms with Crippen molar-refractivity contribution in [1.29, 1.82) is 0 Å². The van der Waals surface area contributed by atoms with Crippen LogP contribution in [-0.4, -0.2) is 52.0 Å². The second-order valence-corrected chi connectivity index (χ2v) is 7.35. The number of hydrogen-bond donors (Lipinski definition) is 2. The van der Waals surface area contributed by atoms with Gasteiger partial charge in [0.2, 0.25) is 0 Å². The Labute approximate surface area is 177 Å². The summed E-state index contributed by atoms with van der Waals surface area (Å²) < 4.78 is 11.4. The van der Waals surface area contributed by atoms with E-state index >= 15 is 0 Å². The third kappa shape index (κ3) is 6.54. The Morgan fingerprint density at radius 3 is 2.59 bits per heavy atom. The van der Waals surface area contributed by atoms with Crippen LogP contribution in [0, 0.1) is 0 Å². The summed E-state index contributed by atoms with van der Waals surface area (Å²) in [7, 11) is 1.77. The fourth-order valence-electron chi connectivity index (χ4n) is 3.20. The fraction of sp³-hybridized carbons (Fsp3) is 0.409. The van der Waals surface area contributed by atoms with E-state index in [0.29, 0.717) is 18.1 Å². The molecule has 1 fully saturated rings. The van der Waals surface area contributed by atoms with Gasteiger partial charge in [-0.05, 0) is 42.8 Å². The van der Waals surface area contributed by atoms with E-state index in [-0.39, 0.29) is 6.10 Å². The summed E-state index contributed by atoms with van der Waals surface area (Å²) in [6.07, 6.45) is -0.0182. The number of nitrogens with zero attached hydrogens (tertiary/aromatic N) is 2. The van der Waals surface area contributed by atoms with Gasteiger partial charge >= 0.3 is 0 Å². The molecule has 7 heteroatoms. The monoisotopic (exact) mass is 416 g/mol. The Kier molecular flexibility index (Phi) is 8.02. The minimum absolute atomic E-state index is 0.0182. The molecule has 0 radical (unpaired) electrons. The molecule has 2 N–H and O–H groups in total. The van der Waals surface area contributed by atoms with Gasteiger partial charge in [0.1, 0.15) is 11.9 Å². The standard InChI is InChI=1S/C22H29ClN4O2/c1-17(29-20-9-7-19(23)8-10-20)15-25-22(24-2)26-16-18-5-3-4-6-21(18)27-11-13-28-14-12-27/h3-10,17H,11-16H2,1-2H3,(H2,24,25,26). The lowest BCUT2D eigenvalue weighted by Gasteiger charge is -2.30. The number of para-hydroxylation sites is 1. The lowest BCUT2D eigenvalue weighted by molar-refractivity contribution is 0.122. The SMILES string of the molecule is CN=C(NCc1ccccc1N1CCOCC1)NCC(C)Oc1ccc(Cl)cc1. The molecule has 1 atom stereocenters. The van der Waals surface area contributed by atoms with Gasteiger partial charge in [0.25, 0.3) is 0 Å². The van der Waals surface area contributed by atoms with Gasteiger partial charge in [0.15, 0.2) is 5.96 Å². The summed E-state index contributed by atoms with van der Waals surface area (Å²) in [5.74, 6) is 1.54. The first-order chi connectivity index (χ1) is 14.2. The van der Waals surface area contributed by atoms with Gasteiger partial charge in [-0.3, -0.25) is 4.99 Å². The van der Waals surface area contributed by atoms with Crippen molar-refractivity contribution in [2.45, 2.75) is 19.6 Å². The molecule has 3 rings (SSSR count). The van der Waals surface area contributed by atoms with Gasteiger partial charge in [0.05, 0.1) is 19.8 Å². The molecule has 0 aromatic heterocycles.